The molecule has 0 aromatic heterocycles. The summed E-state index contributed by atoms with van der Waals surface area (Å²) in [5.74, 6) is -2.83. The first-order valence-electron chi connectivity index (χ1n) is 8.89. The summed E-state index contributed by atoms with van der Waals surface area (Å²) in [5.41, 5.74) is -0.206. The average Bonchev–Trinajstić information content (AvgIpc) is 2.64. The second-order valence-corrected chi connectivity index (χ2v) is 6.31. The third-order valence-corrected chi connectivity index (χ3v) is 3.88. The number of hydrogen-bond acceptors (Lipinski definition) is 11. The van der Waals surface area contributed by atoms with Gasteiger partial charge in [0.15, 0.2) is 18.3 Å². The molecule has 0 unspecified atom stereocenters. The molecule has 0 aromatic carbocycles. The third-order valence-electron chi connectivity index (χ3n) is 3.88. The van der Waals surface area contributed by atoms with Crippen LogP contribution in [-0.4, -0.2) is 61.0 Å². The number of carbonyl (C=O) groups is 4. The van der Waals surface area contributed by atoms with Crippen LogP contribution in [0.25, 0.3) is 0 Å². The standard InChI is InChI=1S/C19H22N2O9/c1-10(22)26-9-16-18(28-12(3)24)19(29-13(4)25)17(27-11(2)23)15(30-16)6-5-14(7-20)8-21/h5,15-19H,6,9H2,1-4H3/t15-,16-,17+,18-,19-/m1/s1. The first kappa shape index (κ1) is 24.6. The molecule has 0 radical (unpaired) electrons. The van der Waals surface area contributed by atoms with E-state index in [1.807, 2.05) is 0 Å². The fourth-order valence-corrected chi connectivity index (χ4v) is 2.86. The third kappa shape index (κ3) is 7.53. The maximum atomic E-state index is 11.7. The normalized spacial score (nSPS) is 24.9. The van der Waals surface area contributed by atoms with Crippen molar-refractivity contribution in [1.29, 1.82) is 10.5 Å². The van der Waals surface area contributed by atoms with E-state index in [0.717, 1.165) is 20.8 Å². The number of nitrogens with zero attached hydrogens (tertiary/aromatic N) is 2. The SMILES string of the molecule is CC(=O)OC[C@H]1O[C@H](CC=C(C#N)C#N)[C@H](OC(C)=O)[C@@H](OC(C)=O)[C@@H]1OC(C)=O. The maximum Gasteiger partial charge on any atom is 0.303 e. The molecule has 0 spiro atoms. The summed E-state index contributed by atoms with van der Waals surface area (Å²) in [5, 5.41) is 17.8. The van der Waals surface area contributed by atoms with Gasteiger partial charge in [-0.3, -0.25) is 19.2 Å². The molecule has 0 saturated carbocycles. The highest BCUT2D eigenvalue weighted by molar-refractivity contribution is 5.68. The first-order valence-corrected chi connectivity index (χ1v) is 8.89. The van der Waals surface area contributed by atoms with Crippen LogP contribution in [0.5, 0.6) is 0 Å². The molecule has 1 fully saturated rings. The molecule has 30 heavy (non-hydrogen) atoms. The Morgan fingerprint density at radius 1 is 0.800 bits per heavy atom. The monoisotopic (exact) mass is 422 g/mol. The average molecular weight is 422 g/mol. The van der Waals surface area contributed by atoms with E-state index in [4.69, 9.17) is 34.2 Å². The molecule has 1 saturated heterocycles. The summed E-state index contributed by atoms with van der Waals surface area (Å²) >= 11 is 0. The van der Waals surface area contributed by atoms with Crippen LogP contribution < -0.4 is 0 Å². The van der Waals surface area contributed by atoms with Crippen molar-refractivity contribution in [2.75, 3.05) is 6.61 Å². The number of ether oxygens (including phenoxy) is 5. The van der Waals surface area contributed by atoms with Crippen LogP contribution in [-0.2, 0) is 42.9 Å². The highest BCUT2D eigenvalue weighted by Crippen LogP contribution is 2.31. The molecule has 1 aliphatic heterocycles. The molecule has 0 aliphatic carbocycles. The van der Waals surface area contributed by atoms with Gasteiger partial charge in [-0.2, -0.15) is 10.5 Å². The molecule has 0 N–H and O–H groups in total. The molecule has 0 bridgehead atoms. The van der Waals surface area contributed by atoms with E-state index >= 15 is 0 Å². The first-order chi connectivity index (χ1) is 14.1. The molecule has 11 heteroatoms. The molecule has 0 amide bonds. The smallest absolute Gasteiger partial charge is 0.303 e. The largest absolute Gasteiger partial charge is 0.463 e. The van der Waals surface area contributed by atoms with Crippen molar-refractivity contribution in [3.63, 3.8) is 0 Å². The van der Waals surface area contributed by atoms with Crippen molar-refractivity contribution in [3.05, 3.63) is 11.6 Å². The van der Waals surface area contributed by atoms with Crippen LogP contribution in [0.15, 0.2) is 11.6 Å². The minimum absolute atomic E-state index is 0.0739. The predicted molar refractivity (Wildman–Crippen MR) is 95.9 cm³/mol. The van der Waals surface area contributed by atoms with E-state index in [1.54, 1.807) is 12.1 Å². The number of rotatable bonds is 7. The van der Waals surface area contributed by atoms with Crippen LogP contribution in [0.1, 0.15) is 34.1 Å². The molecule has 11 nitrogen and oxygen atoms in total. The van der Waals surface area contributed by atoms with Crippen molar-refractivity contribution in [1.82, 2.24) is 0 Å². The number of carbonyl (C=O) groups excluding carboxylic acids is 4. The Hall–Kier alpha value is -3.44. The molecular weight excluding hydrogens is 400 g/mol. The quantitative estimate of drug-likeness (QED) is 0.318. The molecular formula is C19H22N2O9. The van der Waals surface area contributed by atoms with Gasteiger partial charge in [0.1, 0.15) is 36.5 Å². The van der Waals surface area contributed by atoms with Gasteiger partial charge in [0.25, 0.3) is 0 Å². The van der Waals surface area contributed by atoms with E-state index in [2.05, 4.69) is 0 Å². The summed E-state index contributed by atoms with van der Waals surface area (Å²) in [4.78, 5) is 46.2. The number of hydrogen-bond donors (Lipinski definition) is 0. The van der Waals surface area contributed by atoms with Gasteiger partial charge in [-0.1, -0.05) is 6.08 Å². The van der Waals surface area contributed by atoms with Crippen LogP contribution in [0.4, 0.5) is 0 Å². The second kappa shape index (κ2) is 11.5. The Bertz CT molecular complexity index is 777. The summed E-state index contributed by atoms with van der Waals surface area (Å²) in [6.07, 6.45) is -4.63. The number of allylic oxidation sites excluding steroid dienone is 1. The summed E-state index contributed by atoms with van der Waals surface area (Å²) < 4.78 is 26.6. The van der Waals surface area contributed by atoms with E-state index in [-0.39, 0.29) is 18.6 Å². The molecule has 5 atom stereocenters. The Morgan fingerprint density at radius 3 is 1.70 bits per heavy atom. The molecule has 1 rings (SSSR count). The minimum Gasteiger partial charge on any atom is -0.463 e. The zero-order valence-corrected chi connectivity index (χ0v) is 16.9. The summed E-state index contributed by atoms with van der Waals surface area (Å²) in [6, 6.07) is 3.38. The fraction of sp³-hybridized carbons (Fsp3) is 0.579. The van der Waals surface area contributed by atoms with Crippen molar-refractivity contribution < 1.29 is 42.9 Å². The number of nitriles is 2. The fourth-order valence-electron chi connectivity index (χ4n) is 2.86. The molecule has 1 heterocycles. The second-order valence-electron chi connectivity index (χ2n) is 6.31. The van der Waals surface area contributed by atoms with E-state index in [0.29, 0.717) is 0 Å². The molecule has 162 valence electrons. The van der Waals surface area contributed by atoms with Gasteiger partial charge in [-0.25, -0.2) is 0 Å². The van der Waals surface area contributed by atoms with Gasteiger partial charge in [0, 0.05) is 27.7 Å². The Balaban J connectivity index is 3.38. The lowest BCUT2D eigenvalue weighted by atomic mass is 9.92. The van der Waals surface area contributed by atoms with Gasteiger partial charge in [-0.15, -0.1) is 0 Å². The predicted octanol–water partition coefficient (Wildman–Crippen LogP) is 0.476. The van der Waals surface area contributed by atoms with E-state index < -0.39 is 54.4 Å². The summed E-state index contributed by atoms with van der Waals surface area (Å²) in [7, 11) is 0. The zero-order valence-electron chi connectivity index (χ0n) is 16.9. The highest BCUT2D eigenvalue weighted by Gasteiger charge is 2.51. The van der Waals surface area contributed by atoms with Crippen LogP contribution in [0.2, 0.25) is 0 Å². The van der Waals surface area contributed by atoms with Gasteiger partial charge in [0.2, 0.25) is 0 Å². The van der Waals surface area contributed by atoms with Gasteiger partial charge in [-0.05, 0) is 6.42 Å². The Labute approximate surface area is 173 Å². The van der Waals surface area contributed by atoms with Crippen molar-refractivity contribution in [2.45, 2.75) is 64.6 Å². The van der Waals surface area contributed by atoms with Gasteiger partial charge >= 0.3 is 23.9 Å². The molecule has 0 aromatic rings. The van der Waals surface area contributed by atoms with Crippen molar-refractivity contribution in [3.8, 4) is 12.1 Å². The van der Waals surface area contributed by atoms with Crippen molar-refractivity contribution in [2.24, 2.45) is 0 Å². The van der Waals surface area contributed by atoms with E-state index in [1.165, 1.54) is 13.0 Å². The maximum absolute atomic E-state index is 11.7. The minimum atomic E-state index is -1.28. The lowest BCUT2D eigenvalue weighted by Gasteiger charge is -2.44. The zero-order chi connectivity index (χ0) is 22.8. The summed E-state index contributed by atoms with van der Waals surface area (Å²) in [6.45, 7) is 4.18. The number of esters is 4. The van der Waals surface area contributed by atoms with Crippen LogP contribution in [0, 0.1) is 22.7 Å². The Kier molecular flexibility index (Phi) is 9.46. The topological polar surface area (TPSA) is 162 Å². The van der Waals surface area contributed by atoms with Crippen LogP contribution in [0.3, 0.4) is 0 Å². The lowest BCUT2D eigenvalue weighted by Crippen LogP contribution is -2.62. The van der Waals surface area contributed by atoms with Crippen molar-refractivity contribution >= 4 is 23.9 Å². The Morgan fingerprint density at radius 2 is 1.27 bits per heavy atom. The highest BCUT2D eigenvalue weighted by atomic mass is 16.7. The lowest BCUT2D eigenvalue weighted by molar-refractivity contribution is -0.251. The van der Waals surface area contributed by atoms with Crippen LogP contribution >= 0.6 is 0 Å². The van der Waals surface area contributed by atoms with Gasteiger partial charge in [0.05, 0.1) is 0 Å². The molecule has 1 aliphatic rings. The van der Waals surface area contributed by atoms with E-state index in [9.17, 15) is 19.2 Å². The van der Waals surface area contributed by atoms with Gasteiger partial charge < -0.3 is 23.7 Å².